The van der Waals surface area contributed by atoms with Crippen molar-refractivity contribution in [2.24, 2.45) is 0 Å². The first-order valence-corrected chi connectivity index (χ1v) is 7.19. The van der Waals surface area contributed by atoms with Gasteiger partial charge in [-0.3, -0.25) is 4.79 Å². The Labute approximate surface area is 124 Å². The first kappa shape index (κ1) is 13.2. The van der Waals surface area contributed by atoms with E-state index in [1.54, 1.807) is 4.90 Å². The standard InChI is InChI=1S/C17H16ClNO/c1-19-15-9-7-14(11-13(15)8-10-16(19)20)17(18)12-5-3-2-4-6-12/h2-7,9,11,17H,8,10H2,1H3. The lowest BCUT2D eigenvalue weighted by atomic mass is 9.96. The Morgan fingerprint density at radius 3 is 2.55 bits per heavy atom. The SMILES string of the molecule is CN1C(=O)CCc2cc(C(Cl)c3ccccc3)ccc21. The minimum atomic E-state index is -0.149. The second-order valence-electron chi connectivity index (χ2n) is 5.11. The molecule has 0 radical (unpaired) electrons. The number of hydrogen-bond donors (Lipinski definition) is 0. The van der Waals surface area contributed by atoms with E-state index in [1.165, 1.54) is 5.56 Å². The third-order valence-corrected chi connectivity index (χ3v) is 4.34. The molecule has 1 amide bonds. The quantitative estimate of drug-likeness (QED) is 0.766. The van der Waals surface area contributed by atoms with Gasteiger partial charge in [-0.05, 0) is 29.2 Å². The molecule has 2 aromatic rings. The average molecular weight is 286 g/mol. The fourth-order valence-corrected chi connectivity index (χ4v) is 2.93. The van der Waals surface area contributed by atoms with E-state index in [-0.39, 0.29) is 11.3 Å². The molecule has 0 saturated heterocycles. The normalized spacial score (nSPS) is 15.9. The Morgan fingerprint density at radius 1 is 1.05 bits per heavy atom. The summed E-state index contributed by atoms with van der Waals surface area (Å²) in [4.78, 5) is 13.4. The molecule has 3 rings (SSSR count). The highest BCUT2D eigenvalue weighted by Gasteiger charge is 2.22. The van der Waals surface area contributed by atoms with Crippen LogP contribution in [-0.4, -0.2) is 13.0 Å². The zero-order valence-electron chi connectivity index (χ0n) is 11.3. The van der Waals surface area contributed by atoms with Crippen molar-refractivity contribution in [2.45, 2.75) is 18.2 Å². The number of nitrogens with zero attached hydrogens (tertiary/aromatic N) is 1. The molecule has 1 atom stereocenters. The Morgan fingerprint density at radius 2 is 1.80 bits per heavy atom. The smallest absolute Gasteiger partial charge is 0.227 e. The molecule has 1 aliphatic rings. The van der Waals surface area contributed by atoms with Crippen LogP contribution in [0.25, 0.3) is 0 Å². The maximum atomic E-state index is 11.7. The van der Waals surface area contributed by atoms with Crippen LogP contribution in [0.15, 0.2) is 48.5 Å². The molecule has 1 unspecified atom stereocenters. The molecule has 2 nitrogen and oxygen atoms in total. The molecular formula is C17H16ClNO. The van der Waals surface area contributed by atoms with Crippen molar-refractivity contribution in [3.05, 3.63) is 65.2 Å². The fourth-order valence-electron chi connectivity index (χ4n) is 2.65. The maximum Gasteiger partial charge on any atom is 0.227 e. The molecule has 0 saturated carbocycles. The molecule has 102 valence electrons. The minimum absolute atomic E-state index is 0.149. The molecule has 0 N–H and O–H groups in total. The summed E-state index contributed by atoms with van der Waals surface area (Å²) in [7, 11) is 1.83. The number of anilines is 1. The zero-order chi connectivity index (χ0) is 14.1. The summed E-state index contributed by atoms with van der Waals surface area (Å²) in [5.41, 5.74) is 4.38. The van der Waals surface area contributed by atoms with Gasteiger partial charge in [-0.15, -0.1) is 11.6 Å². The molecule has 20 heavy (non-hydrogen) atoms. The molecule has 0 spiro atoms. The van der Waals surface area contributed by atoms with Crippen molar-refractivity contribution in [3.63, 3.8) is 0 Å². The third kappa shape index (κ3) is 2.32. The lowest BCUT2D eigenvalue weighted by molar-refractivity contribution is -0.118. The molecule has 3 heteroatoms. The lowest BCUT2D eigenvalue weighted by Crippen LogP contribution is -2.31. The van der Waals surface area contributed by atoms with Crippen LogP contribution in [-0.2, 0) is 11.2 Å². The van der Waals surface area contributed by atoms with Gasteiger partial charge in [0.2, 0.25) is 5.91 Å². The number of amides is 1. The van der Waals surface area contributed by atoms with Crippen molar-refractivity contribution >= 4 is 23.2 Å². The summed E-state index contributed by atoms with van der Waals surface area (Å²) in [5.74, 6) is 0.177. The van der Waals surface area contributed by atoms with Crippen molar-refractivity contribution in [3.8, 4) is 0 Å². The average Bonchev–Trinajstić information content (AvgIpc) is 2.51. The highest BCUT2D eigenvalue weighted by Crippen LogP contribution is 2.34. The zero-order valence-corrected chi connectivity index (χ0v) is 12.1. The molecule has 2 aromatic carbocycles. The summed E-state index contributed by atoms with van der Waals surface area (Å²) in [6, 6.07) is 16.2. The molecule has 1 aliphatic heterocycles. The topological polar surface area (TPSA) is 20.3 Å². The van der Waals surface area contributed by atoms with Gasteiger partial charge in [0.05, 0.1) is 5.38 Å². The van der Waals surface area contributed by atoms with Crippen molar-refractivity contribution < 1.29 is 4.79 Å². The highest BCUT2D eigenvalue weighted by atomic mass is 35.5. The van der Waals surface area contributed by atoms with Crippen LogP contribution in [0.4, 0.5) is 5.69 Å². The number of aryl methyl sites for hydroxylation is 1. The number of rotatable bonds is 2. The number of alkyl halides is 1. The van der Waals surface area contributed by atoms with E-state index in [2.05, 4.69) is 6.07 Å². The lowest BCUT2D eigenvalue weighted by Gasteiger charge is -2.26. The maximum absolute atomic E-state index is 11.7. The number of hydrogen-bond acceptors (Lipinski definition) is 1. The first-order valence-electron chi connectivity index (χ1n) is 6.75. The van der Waals surface area contributed by atoms with Crippen LogP contribution >= 0.6 is 11.6 Å². The first-order chi connectivity index (χ1) is 9.66. The summed E-state index contributed by atoms with van der Waals surface area (Å²) in [6.45, 7) is 0. The number of carbonyl (C=O) groups excluding carboxylic acids is 1. The van der Waals surface area contributed by atoms with E-state index in [9.17, 15) is 4.79 Å². The second-order valence-corrected chi connectivity index (χ2v) is 5.55. The Balaban J connectivity index is 1.95. The van der Waals surface area contributed by atoms with Gasteiger partial charge >= 0.3 is 0 Å². The molecule has 0 aliphatic carbocycles. The van der Waals surface area contributed by atoms with Gasteiger partial charge in [0, 0.05) is 19.2 Å². The molecule has 1 heterocycles. The van der Waals surface area contributed by atoms with Gasteiger partial charge in [-0.25, -0.2) is 0 Å². The Kier molecular flexibility index (Phi) is 3.49. The Hall–Kier alpha value is -1.80. The number of carbonyl (C=O) groups is 1. The van der Waals surface area contributed by atoms with Crippen molar-refractivity contribution in [2.75, 3.05) is 11.9 Å². The van der Waals surface area contributed by atoms with Gasteiger partial charge in [0.25, 0.3) is 0 Å². The van der Waals surface area contributed by atoms with Gasteiger partial charge < -0.3 is 4.90 Å². The summed E-state index contributed by atoms with van der Waals surface area (Å²) >= 11 is 6.56. The molecule has 0 bridgehead atoms. The minimum Gasteiger partial charge on any atom is -0.315 e. The van der Waals surface area contributed by atoms with E-state index in [4.69, 9.17) is 11.6 Å². The van der Waals surface area contributed by atoms with Crippen LogP contribution in [0.1, 0.15) is 28.5 Å². The van der Waals surface area contributed by atoms with Gasteiger partial charge in [-0.2, -0.15) is 0 Å². The van der Waals surface area contributed by atoms with E-state index in [0.717, 1.165) is 23.2 Å². The molecule has 0 aromatic heterocycles. The summed E-state index contributed by atoms with van der Waals surface area (Å²) < 4.78 is 0. The van der Waals surface area contributed by atoms with Crippen LogP contribution in [0, 0.1) is 0 Å². The summed E-state index contributed by atoms with van der Waals surface area (Å²) in [5, 5.41) is -0.149. The second kappa shape index (κ2) is 5.29. The number of benzene rings is 2. The van der Waals surface area contributed by atoms with Crippen molar-refractivity contribution in [1.82, 2.24) is 0 Å². The van der Waals surface area contributed by atoms with E-state index in [1.807, 2.05) is 49.5 Å². The molecular weight excluding hydrogens is 270 g/mol. The van der Waals surface area contributed by atoms with E-state index < -0.39 is 0 Å². The predicted octanol–water partition coefficient (Wildman–Crippen LogP) is 3.92. The third-order valence-electron chi connectivity index (χ3n) is 3.83. The van der Waals surface area contributed by atoms with Crippen LogP contribution in [0.2, 0.25) is 0 Å². The number of halogens is 1. The van der Waals surface area contributed by atoms with Gasteiger partial charge in [-0.1, -0.05) is 42.5 Å². The van der Waals surface area contributed by atoms with Gasteiger partial charge in [0.15, 0.2) is 0 Å². The van der Waals surface area contributed by atoms with E-state index in [0.29, 0.717) is 6.42 Å². The van der Waals surface area contributed by atoms with E-state index >= 15 is 0 Å². The van der Waals surface area contributed by atoms with Crippen molar-refractivity contribution in [1.29, 1.82) is 0 Å². The summed E-state index contributed by atoms with van der Waals surface area (Å²) in [6.07, 6.45) is 1.37. The highest BCUT2D eigenvalue weighted by molar-refractivity contribution is 6.22. The largest absolute Gasteiger partial charge is 0.315 e. The van der Waals surface area contributed by atoms with Crippen LogP contribution < -0.4 is 4.90 Å². The van der Waals surface area contributed by atoms with Crippen LogP contribution in [0.3, 0.4) is 0 Å². The Bertz CT molecular complexity index is 639. The monoisotopic (exact) mass is 285 g/mol. The fraction of sp³-hybridized carbons (Fsp3) is 0.235. The van der Waals surface area contributed by atoms with Crippen LogP contribution in [0.5, 0.6) is 0 Å². The number of fused-ring (bicyclic) bond motifs is 1. The van der Waals surface area contributed by atoms with Gasteiger partial charge in [0.1, 0.15) is 0 Å². The molecule has 0 fully saturated rings. The predicted molar refractivity (Wildman–Crippen MR) is 82.3 cm³/mol.